The topological polar surface area (TPSA) is 37.8 Å². The molecule has 1 aromatic carbocycles. The number of benzene rings is 1. The first-order chi connectivity index (χ1) is 9.70. The standard InChI is InChI=1S/C14H15F2N3S/c1-2-4-17-9-10-7-11(15)13(12(16)8-10)20-14-18-5-3-6-19-14/h3,5-8,17H,2,4,9H2,1H3. The highest BCUT2D eigenvalue weighted by molar-refractivity contribution is 7.99. The van der Waals surface area contributed by atoms with Crippen LogP contribution in [0.3, 0.4) is 0 Å². The maximum Gasteiger partial charge on any atom is 0.192 e. The van der Waals surface area contributed by atoms with E-state index in [-0.39, 0.29) is 4.90 Å². The summed E-state index contributed by atoms with van der Waals surface area (Å²) in [5.74, 6) is -1.17. The molecule has 0 aliphatic carbocycles. The van der Waals surface area contributed by atoms with Crippen LogP contribution >= 0.6 is 11.8 Å². The second kappa shape index (κ2) is 7.31. The van der Waals surface area contributed by atoms with Crippen LogP contribution in [-0.2, 0) is 6.54 Å². The Bertz CT molecular complexity index is 541. The van der Waals surface area contributed by atoms with Gasteiger partial charge in [-0.2, -0.15) is 0 Å². The molecule has 0 radical (unpaired) electrons. The van der Waals surface area contributed by atoms with Crippen LogP contribution in [0.5, 0.6) is 0 Å². The predicted octanol–water partition coefficient (Wildman–Crippen LogP) is 3.41. The Morgan fingerprint density at radius 2 is 1.80 bits per heavy atom. The van der Waals surface area contributed by atoms with Crippen molar-refractivity contribution in [2.24, 2.45) is 0 Å². The van der Waals surface area contributed by atoms with Crippen LogP contribution in [0.15, 0.2) is 40.6 Å². The maximum atomic E-state index is 14.0. The van der Waals surface area contributed by atoms with Crippen molar-refractivity contribution in [3.05, 3.63) is 47.8 Å². The monoisotopic (exact) mass is 295 g/mol. The van der Waals surface area contributed by atoms with Crippen molar-refractivity contribution >= 4 is 11.8 Å². The van der Waals surface area contributed by atoms with E-state index in [0.717, 1.165) is 24.7 Å². The summed E-state index contributed by atoms with van der Waals surface area (Å²) in [5, 5.41) is 3.43. The molecule has 0 aliphatic heterocycles. The zero-order valence-electron chi connectivity index (χ0n) is 11.1. The molecule has 1 aromatic heterocycles. The summed E-state index contributed by atoms with van der Waals surface area (Å²) in [6, 6.07) is 4.34. The first-order valence-corrected chi connectivity index (χ1v) is 7.16. The molecule has 20 heavy (non-hydrogen) atoms. The number of hydrogen-bond donors (Lipinski definition) is 1. The highest BCUT2D eigenvalue weighted by Gasteiger charge is 2.13. The molecule has 0 bridgehead atoms. The summed E-state index contributed by atoms with van der Waals surface area (Å²) >= 11 is 0.885. The molecule has 0 atom stereocenters. The minimum absolute atomic E-state index is 0.0737. The third-order valence-corrected chi connectivity index (χ3v) is 3.54. The molecule has 0 amide bonds. The van der Waals surface area contributed by atoms with Gasteiger partial charge in [0.2, 0.25) is 0 Å². The SMILES string of the molecule is CCCNCc1cc(F)c(Sc2ncccn2)c(F)c1. The number of hydrogen-bond acceptors (Lipinski definition) is 4. The first-order valence-electron chi connectivity index (χ1n) is 6.34. The van der Waals surface area contributed by atoms with Crippen molar-refractivity contribution in [3.63, 3.8) is 0 Å². The van der Waals surface area contributed by atoms with Crippen molar-refractivity contribution < 1.29 is 8.78 Å². The molecule has 1 heterocycles. The summed E-state index contributed by atoms with van der Waals surface area (Å²) in [6.45, 7) is 3.31. The molecule has 0 spiro atoms. The fraction of sp³-hybridized carbons (Fsp3) is 0.286. The smallest absolute Gasteiger partial charge is 0.192 e. The highest BCUT2D eigenvalue weighted by atomic mass is 32.2. The average molecular weight is 295 g/mol. The lowest BCUT2D eigenvalue weighted by atomic mass is 10.2. The Balaban J connectivity index is 2.14. The lowest BCUT2D eigenvalue weighted by molar-refractivity contribution is 0.534. The van der Waals surface area contributed by atoms with E-state index in [4.69, 9.17) is 0 Å². The molecular weight excluding hydrogens is 280 g/mol. The van der Waals surface area contributed by atoms with Gasteiger partial charge in [0.15, 0.2) is 5.16 Å². The number of halogens is 2. The maximum absolute atomic E-state index is 14.0. The zero-order valence-corrected chi connectivity index (χ0v) is 11.9. The van der Waals surface area contributed by atoms with Gasteiger partial charge in [-0.15, -0.1) is 0 Å². The van der Waals surface area contributed by atoms with E-state index < -0.39 is 11.6 Å². The van der Waals surface area contributed by atoms with E-state index in [2.05, 4.69) is 15.3 Å². The lowest BCUT2D eigenvalue weighted by Crippen LogP contribution is -2.14. The molecule has 106 valence electrons. The van der Waals surface area contributed by atoms with Crippen LogP contribution in [0.1, 0.15) is 18.9 Å². The van der Waals surface area contributed by atoms with Crippen LogP contribution in [0.4, 0.5) is 8.78 Å². The minimum atomic E-state index is -0.587. The minimum Gasteiger partial charge on any atom is -0.313 e. The summed E-state index contributed by atoms with van der Waals surface area (Å²) in [4.78, 5) is 7.82. The Labute approximate surface area is 120 Å². The van der Waals surface area contributed by atoms with Gasteiger partial charge in [-0.3, -0.25) is 0 Å². The van der Waals surface area contributed by atoms with Crippen molar-refractivity contribution in [2.45, 2.75) is 29.9 Å². The third kappa shape index (κ3) is 3.98. The number of nitrogens with one attached hydrogen (secondary N) is 1. The van der Waals surface area contributed by atoms with Crippen LogP contribution in [-0.4, -0.2) is 16.5 Å². The third-order valence-electron chi connectivity index (χ3n) is 2.55. The molecule has 0 saturated heterocycles. The Morgan fingerprint density at radius 3 is 2.40 bits per heavy atom. The Morgan fingerprint density at radius 1 is 1.15 bits per heavy atom. The molecule has 1 N–H and O–H groups in total. The van der Waals surface area contributed by atoms with E-state index in [9.17, 15) is 8.78 Å². The van der Waals surface area contributed by atoms with Gasteiger partial charge in [0, 0.05) is 18.9 Å². The summed E-state index contributed by atoms with van der Waals surface area (Å²) in [5.41, 5.74) is 0.590. The number of rotatable bonds is 6. The quantitative estimate of drug-likeness (QED) is 0.654. The molecule has 2 rings (SSSR count). The average Bonchev–Trinajstić information content (AvgIpc) is 2.44. The predicted molar refractivity (Wildman–Crippen MR) is 74.5 cm³/mol. The van der Waals surface area contributed by atoms with E-state index in [1.54, 1.807) is 6.07 Å². The fourth-order valence-corrected chi connectivity index (χ4v) is 2.37. The first kappa shape index (κ1) is 14.9. The normalized spacial score (nSPS) is 10.8. The van der Waals surface area contributed by atoms with Gasteiger partial charge in [-0.05, 0) is 48.5 Å². The van der Waals surface area contributed by atoms with Gasteiger partial charge in [-0.25, -0.2) is 18.7 Å². The molecule has 0 fully saturated rings. The summed E-state index contributed by atoms with van der Waals surface area (Å²) in [6.07, 6.45) is 4.05. The van der Waals surface area contributed by atoms with Crippen molar-refractivity contribution in [3.8, 4) is 0 Å². The van der Waals surface area contributed by atoms with Gasteiger partial charge in [0.25, 0.3) is 0 Å². The van der Waals surface area contributed by atoms with Crippen LogP contribution in [0.2, 0.25) is 0 Å². The molecule has 0 aliphatic rings. The van der Waals surface area contributed by atoms with Gasteiger partial charge in [-0.1, -0.05) is 6.92 Å². The summed E-state index contributed by atoms with van der Waals surface area (Å²) < 4.78 is 27.9. The van der Waals surface area contributed by atoms with E-state index in [1.165, 1.54) is 24.5 Å². The lowest BCUT2D eigenvalue weighted by Gasteiger charge is -2.08. The number of aromatic nitrogens is 2. The molecule has 2 aromatic rings. The molecule has 3 nitrogen and oxygen atoms in total. The van der Waals surface area contributed by atoms with Crippen molar-refractivity contribution in [1.82, 2.24) is 15.3 Å². The second-order valence-corrected chi connectivity index (χ2v) is 5.18. The largest absolute Gasteiger partial charge is 0.313 e. The molecule has 6 heteroatoms. The van der Waals surface area contributed by atoms with Gasteiger partial charge in [0.05, 0.1) is 4.90 Å². The Hall–Kier alpha value is -1.53. The van der Waals surface area contributed by atoms with Crippen LogP contribution in [0.25, 0.3) is 0 Å². The summed E-state index contributed by atoms with van der Waals surface area (Å²) in [7, 11) is 0. The van der Waals surface area contributed by atoms with Crippen molar-refractivity contribution in [2.75, 3.05) is 6.54 Å². The zero-order chi connectivity index (χ0) is 14.4. The van der Waals surface area contributed by atoms with Crippen molar-refractivity contribution in [1.29, 1.82) is 0 Å². The van der Waals surface area contributed by atoms with Gasteiger partial charge in [0.1, 0.15) is 11.6 Å². The highest BCUT2D eigenvalue weighted by Crippen LogP contribution is 2.30. The fourth-order valence-electron chi connectivity index (χ4n) is 1.65. The van der Waals surface area contributed by atoms with Crippen LogP contribution in [0, 0.1) is 11.6 Å². The second-order valence-electron chi connectivity index (χ2n) is 4.20. The van der Waals surface area contributed by atoms with Crippen LogP contribution < -0.4 is 5.32 Å². The van der Waals surface area contributed by atoms with E-state index >= 15 is 0 Å². The number of nitrogens with zero attached hydrogens (tertiary/aromatic N) is 2. The molecule has 0 saturated carbocycles. The Kier molecular flexibility index (Phi) is 5.43. The molecule has 0 unspecified atom stereocenters. The van der Waals surface area contributed by atoms with E-state index in [1.807, 2.05) is 6.92 Å². The van der Waals surface area contributed by atoms with E-state index in [0.29, 0.717) is 17.3 Å². The van der Waals surface area contributed by atoms with Gasteiger partial charge < -0.3 is 5.32 Å². The molecular formula is C14H15F2N3S. The van der Waals surface area contributed by atoms with Gasteiger partial charge >= 0.3 is 0 Å².